The fraction of sp³-hybridized carbons (Fsp3) is 0.333. The lowest BCUT2D eigenvalue weighted by Gasteiger charge is -2.05. The first kappa shape index (κ1) is 14.3. The zero-order chi connectivity index (χ0) is 14.4. The summed E-state index contributed by atoms with van der Waals surface area (Å²) in [5.41, 5.74) is 7.38. The van der Waals surface area contributed by atoms with Gasteiger partial charge < -0.3 is 15.6 Å². The first-order valence-corrected chi connectivity index (χ1v) is 6.74. The molecule has 0 saturated carbocycles. The van der Waals surface area contributed by atoms with Crippen molar-refractivity contribution < 1.29 is 9.32 Å². The Bertz CT molecular complexity index is 564. The quantitative estimate of drug-likeness (QED) is 0.790. The molecule has 0 fully saturated rings. The Morgan fingerprint density at radius 3 is 2.75 bits per heavy atom. The molecule has 1 aromatic heterocycles. The van der Waals surface area contributed by atoms with E-state index in [1.54, 1.807) is 6.92 Å². The second kappa shape index (κ2) is 6.86. The van der Waals surface area contributed by atoms with Gasteiger partial charge in [0.05, 0.1) is 0 Å². The maximum atomic E-state index is 12.2. The third-order valence-corrected chi connectivity index (χ3v) is 3.05. The van der Waals surface area contributed by atoms with E-state index in [1.165, 1.54) is 0 Å². The number of nitrogens with two attached hydrogens (primary N) is 1. The average molecular weight is 273 g/mol. The Morgan fingerprint density at radius 1 is 1.30 bits per heavy atom. The smallest absolute Gasteiger partial charge is 0.257 e. The van der Waals surface area contributed by atoms with Crippen molar-refractivity contribution in [1.29, 1.82) is 0 Å². The van der Waals surface area contributed by atoms with Crippen LogP contribution in [0, 0.1) is 6.92 Å². The maximum absolute atomic E-state index is 12.2. The van der Waals surface area contributed by atoms with E-state index in [0.717, 1.165) is 18.4 Å². The molecule has 5 nitrogen and oxygen atoms in total. The lowest BCUT2D eigenvalue weighted by molar-refractivity contribution is 0.0952. The third-order valence-electron chi connectivity index (χ3n) is 3.05. The van der Waals surface area contributed by atoms with Gasteiger partial charge in [0.2, 0.25) is 0 Å². The van der Waals surface area contributed by atoms with Gasteiger partial charge in [-0.3, -0.25) is 4.79 Å². The number of rotatable bonds is 6. The number of carbonyl (C=O) groups excluding carboxylic acids is 1. The Morgan fingerprint density at radius 2 is 2.05 bits per heavy atom. The Labute approximate surface area is 118 Å². The molecule has 3 N–H and O–H groups in total. The fourth-order valence-corrected chi connectivity index (χ4v) is 1.99. The van der Waals surface area contributed by atoms with Gasteiger partial charge in [0.15, 0.2) is 0 Å². The van der Waals surface area contributed by atoms with Crippen LogP contribution in [0.5, 0.6) is 0 Å². The Kier molecular flexibility index (Phi) is 4.90. The van der Waals surface area contributed by atoms with E-state index in [0.29, 0.717) is 30.1 Å². The average Bonchev–Trinajstić information content (AvgIpc) is 2.86. The number of hydrogen-bond acceptors (Lipinski definition) is 4. The predicted octanol–water partition coefficient (Wildman–Crippen LogP) is 2.12. The van der Waals surface area contributed by atoms with E-state index in [2.05, 4.69) is 10.5 Å². The molecule has 20 heavy (non-hydrogen) atoms. The van der Waals surface area contributed by atoms with E-state index in [9.17, 15) is 4.79 Å². The Hall–Kier alpha value is -2.14. The summed E-state index contributed by atoms with van der Waals surface area (Å²) in [7, 11) is 0. The van der Waals surface area contributed by atoms with E-state index in [4.69, 9.17) is 10.3 Å². The summed E-state index contributed by atoms with van der Waals surface area (Å²) >= 11 is 0. The minimum atomic E-state index is -0.153. The van der Waals surface area contributed by atoms with Gasteiger partial charge in [0.1, 0.15) is 17.0 Å². The lowest BCUT2D eigenvalue weighted by atomic mass is 10.1. The molecule has 2 aromatic rings. The van der Waals surface area contributed by atoms with Crippen LogP contribution in [-0.2, 0) is 0 Å². The van der Waals surface area contributed by atoms with Crippen molar-refractivity contribution in [2.24, 2.45) is 5.73 Å². The van der Waals surface area contributed by atoms with E-state index in [1.807, 2.05) is 30.3 Å². The highest BCUT2D eigenvalue weighted by Gasteiger charge is 2.20. The first-order chi connectivity index (χ1) is 9.74. The van der Waals surface area contributed by atoms with Crippen LogP contribution >= 0.6 is 0 Å². The minimum Gasteiger partial charge on any atom is -0.360 e. The number of amides is 1. The summed E-state index contributed by atoms with van der Waals surface area (Å²) in [6, 6.07) is 9.54. The largest absolute Gasteiger partial charge is 0.360 e. The summed E-state index contributed by atoms with van der Waals surface area (Å²) in [5, 5.41) is 6.87. The van der Waals surface area contributed by atoms with Gasteiger partial charge in [0, 0.05) is 12.1 Å². The zero-order valence-corrected chi connectivity index (χ0v) is 11.6. The van der Waals surface area contributed by atoms with Crippen LogP contribution in [0.15, 0.2) is 34.9 Å². The van der Waals surface area contributed by atoms with Crippen molar-refractivity contribution >= 4 is 5.91 Å². The molecule has 0 atom stereocenters. The predicted molar refractivity (Wildman–Crippen MR) is 77.3 cm³/mol. The van der Waals surface area contributed by atoms with Gasteiger partial charge in [-0.15, -0.1) is 0 Å². The minimum absolute atomic E-state index is 0.153. The molecule has 0 radical (unpaired) electrons. The molecule has 0 bridgehead atoms. The van der Waals surface area contributed by atoms with Gasteiger partial charge in [-0.1, -0.05) is 35.5 Å². The second-order valence-corrected chi connectivity index (χ2v) is 4.58. The lowest BCUT2D eigenvalue weighted by Crippen LogP contribution is -2.25. The molecule has 5 heteroatoms. The van der Waals surface area contributed by atoms with E-state index >= 15 is 0 Å². The van der Waals surface area contributed by atoms with Crippen molar-refractivity contribution in [1.82, 2.24) is 10.5 Å². The molecule has 1 amide bonds. The van der Waals surface area contributed by atoms with Gasteiger partial charge >= 0.3 is 0 Å². The van der Waals surface area contributed by atoms with Gasteiger partial charge in [-0.05, 0) is 26.3 Å². The molecule has 0 aliphatic carbocycles. The third kappa shape index (κ3) is 3.24. The monoisotopic (exact) mass is 273 g/mol. The SMILES string of the molecule is Cc1onc(-c2ccccc2)c1C(=O)NCCCCN. The highest BCUT2D eigenvalue weighted by Crippen LogP contribution is 2.24. The number of hydrogen-bond donors (Lipinski definition) is 2. The molecule has 2 rings (SSSR count). The normalized spacial score (nSPS) is 10.5. The summed E-state index contributed by atoms with van der Waals surface area (Å²) in [6.45, 7) is 2.99. The van der Waals surface area contributed by atoms with Crippen LogP contribution in [0.4, 0.5) is 0 Å². The zero-order valence-electron chi connectivity index (χ0n) is 11.6. The number of aryl methyl sites for hydroxylation is 1. The van der Waals surface area contributed by atoms with E-state index in [-0.39, 0.29) is 5.91 Å². The number of aromatic nitrogens is 1. The molecular formula is C15H19N3O2. The molecule has 1 aromatic carbocycles. The topological polar surface area (TPSA) is 81.2 Å². The van der Waals surface area contributed by atoms with Crippen molar-refractivity contribution in [3.05, 3.63) is 41.7 Å². The highest BCUT2D eigenvalue weighted by molar-refractivity contribution is 6.00. The molecule has 0 saturated heterocycles. The molecule has 1 heterocycles. The summed E-state index contributed by atoms with van der Waals surface area (Å²) in [6.07, 6.45) is 1.77. The van der Waals surface area contributed by atoms with Crippen LogP contribution in [0.2, 0.25) is 0 Å². The summed E-state index contributed by atoms with van der Waals surface area (Å²) in [5.74, 6) is 0.375. The van der Waals surface area contributed by atoms with Crippen LogP contribution < -0.4 is 11.1 Å². The van der Waals surface area contributed by atoms with Crippen molar-refractivity contribution in [2.75, 3.05) is 13.1 Å². The van der Waals surface area contributed by atoms with Crippen molar-refractivity contribution in [3.63, 3.8) is 0 Å². The first-order valence-electron chi connectivity index (χ1n) is 6.74. The molecule has 0 unspecified atom stereocenters. The van der Waals surface area contributed by atoms with Gasteiger partial charge in [-0.25, -0.2) is 0 Å². The maximum Gasteiger partial charge on any atom is 0.257 e. The van der Waals surface area contributed by atoms with Crippen LogP contribution in [-0.4, -0.2) is 24.2 Å². The number of benzene rings is 1. The number of unbranched alkanes of at least 4 members (excludes halogenated alkanes) is 1. The number of nitrogens with zero attached hydrogens (tertiary/aromatic N) is 1. The fourth-order valence-electron chi connectivity index (χ4n) is 1.99. The van der Waals surface area contributed by atoms with Crippen LogP contribution in [0.25, 0.3) is 11.3 Å². The summed E-state index contributed by atoms with van der Waals surface area (Å²) in [4.78, 5) is 12.2. The molecule has 0 spiro atoms. The molecule has 106 valence electrons. The molecule has 0 aliphatic heterocycles. The van der Waals surface area contributed by atoms with E-state index < -0.39 is 0 Å². The van der Waals surface area contributed by atoms with Gasteiger partial charge in [0.25, 0.3) is 5.91 Å². The molecule has 0 aliphatic rings. The number of nitrogens with one attached hydrogen (secondary N) is 1. The standard InChI is InChI=1S/C15H19N3O2/c1-11-13(15(19)17-10-6-5-9-16)14(18-20-11)12-7-3-2-4-8-12/h2-4,7-8H,5-6,9-10,16H2,1H3,(H,17,19). The van der Waals surface area contributed by atoms with Crippen molar-refractivity contribution in [2.45, 2.75) is 19.8 Å². The van der Waals surface area contributed by atoms with Crippen LogP contribution in [0.3, 0.4) is 0 Å². The van der Waals surface area contributed by atoms with Gasteiger partial charge in [-0.2, -0.15) is 0 Å². The van der Waals surface area contributed by atoms with Crippen LogP contribution in [0.1, 0.15) is 29.0 Å². The van der Waals surface area contributed by atoms with Crippen molar-refractivity contribution in [3.8, 4) is 11.3 Å². The highest BCUT2D eigenvalue weighted by atomic mass is 16.5. The Balaban J connectivity index is 2.15. The number of carbonyl (C=O) groups is 1. The second-order valence-electron chi connectivity index (χ2n) is 4.58. The molecular weight excluding hydrogens is 254 g/mol. The summed E-state index contributed by atoms with van der Waals surface area (Å²) < 4.78 is 5.17.